The highest BCUT2D eigenvalue weighted by atomic mass is 16.5. The van der Waals surface area contributed by atoms with Crippen molar-refractivity contribution in [1.29, 1.82) is 0 Å². The molecule has 0 radical (unpaired) electrons. The third-order valence-electron chi connectivity index (χ3n) is 5.06. The number of likely N-dealkylation sites (tertiary alicyclic amines) is 1. The number of hydrogen-bond donors (Lipinski definition) is 2. The fraction of sp³-hybridized carbons (Fsp3) is 0.556. The van der Waals surface area contributed by atoms with Crippen molar-refractivity contribution in [1.82, 2.24) is 4.90 Å². The zero-order valence-corrected chi connectivity index (χ0v) is 14.3. The Kier molecular flexibility index (Phi) is 4.96. The normalized spacial score (nSPS) is 28.4. The number of esters is 1. The predicted molar refractivity (Wildman–Crippen MR) is 90.2 cm³/mol. The minimum Gasteiger partial charge on any atom is -0.481 e. The molecule has 0 aromatic heterocycles. The first-order chi connectivity index (χ1) is 11.9. The average Bonchev–Trinajstić information content (AvgIpc) is 2.55. The van der Waals surface area contributed by atoms with Crippen LogP contribution in [0.3, 0.4) is 0 Å². The maximum atomic E-state index is 11.8. The first-order valence-electron chi connectivity index (χ1n) is 8.59. The minimum absolute atomic E-state index is 0.0166. The summed E-state index contributed by atoms with van der Waals surface area (Å²) >= 11 is 0. The molecule has 7 nitrogen and oxygen atoms in total. The van der Waals surface area contributed by atoms with E-state index in [1.54, 1.807) is 6.92 Å². The van der Waals surface area contributed by atoms with E-state index in [2.05, 4.69) is 0 Å². The van der Waals surface area contributed by atoms with Gasteiger partial charge in [0.15, 0.2) is 5.72 Å². The van der Waals surface area contributed by atoms with Crippen LogP contribution >= 0.6 is 0 Å². The van der Waals surface area contributed by atoms with Crippen molar-refractivity contribution >= 4 is 11.9 Å². The number of aliphatic carboxylic acids is 1. The van der Waals surface area contributed by atoms with Crippen molar-refractivity contribution in [3.05, 3.63) is 29.8 Å². The maximum absolute atomic E-state index is 11.8. The van der Waals surface area contributed by atoms with Gasteiger partial charge in [-0.3, -0.25) is 20.2 Å². The van der Waals surface area contributed by atoms with Gasteiger partial charge in [-0.25, -0.2) is 0 Å². The molecule has 1 aromatic carbocycles. The summed E-state index contributed by atoms with van der Waals surface area (Å²) in [6, 6.07) is 7.46. The Hall–Kier alpha value is -2.12. The van der Waals surface area contributed by atoms with Crippen LogP contribution in [-0.2, 0) is 14.3 Å². The van der Waals surface area contributed by atoms with Crippen LogP contribution < -0.4 is 10.5 Å². The van der Waals surface area contributed by atoms with Gasteiger partial charge in [-0.05, 0) is 18.6 Å². The predicted octanol–water partition coefficient (Wildman–Crippen LogP) is 1.18. The van der Waals surface area contributed by atoms with Crippen LogP contribution in [0.15, 0.2) is 24.3 Å². The van der Waals surface area contributed by atoms with Crippen LogP contribution in [0.5, 0.6) is 5.75 Å². The lowest BCUT2D eigenvalue weighted by molar-refractivity contribution is -0.148. The number of ether oxygens (including phenoxy) is 2. The average molecular weight is 348 g/mol. The number of nitrogens with two attached hydrogens (primary N) is 1. The molecule has 2 aliphatic rings. The van der Waals surface area contributed by atoms with Gasteiger partial charge in [-0.2, -0.15) is 0 Å². The van der Waals surface area contributed by atoms with Gasteiger partial charge >= 0.3 is 11.9 Å². The van der Waals surface area contributed by atoms with Gasteiger partial charge in [0.25, 0.3) is 0 Å². The number of carbonyl (C=O) groups excluding carboxylic acids is 1. The Balaban J connectivity index is 1.86. The summed E-state index contributed by atoms with van der Waals surface area (Å²) in [4.78, 5) is 25.2. The Morgan fingerprint density at radius 3 is 2.92 bits per heavy atom. The highest BCUT2D eigenvalue weighted by Crippen LogP contribution is 2.47. The molecule has 3 unspecified atom stereocenters. The molecule has 136 valence electrons. The lowest BCUT2D eigenvalue weighted by atomic mass is 9.72. The fourth-order valence-corrected chi connectivity index (χ4v) is 3.91. The lowest BCUT2D eigenvalue weighted by Gasteiger charge is -2.51. The summed E-state index contributed by atoms with van der Waals surface area (Å²) in [6.07, 6.45) is 0.513. The molecule has 0 aliphatic carbocycles. The number of carbonyl (C=O) groups is 2. The quantitative estimate of drug-likeness (QED) is 0.770. The maximum Gasteiger partial charge on any atom is 0.320 e. The van der Waals surface area contributed by atoms with Gasteiger partial charge in [0.2, 0.25) is 0 Å². The largest absolute Gasteiger partial charge is 0.481 e. The zero-order chi connectivity index (χ0) is 18.0. The van der Waals surface area contributed by atoms with E-state index < -0.39 is 11.7 Å². The van der Waals surface area contributed by atoms with E-state index in [0.29, 0.717) is 31.9 Å². The Morgan fingerprint density at radius 1 is 1.44 bits per heavy atom. The Bertz CT molecular complexity index is 665. The summed E-state index contributed by atoms with van der Waals surface area (Å²) in [6.45, 7) is 3.40. The van der Waals surface area contributed by atoms with E-state index >= 15 is 0 Å². The fourth-order valence-electron chi connectivity index (χ4n) is 3.91. The van der Waals surface area contributed by atoms with E-state index in [-0.39, 0.29) is 30.8 Å². The number of carboxylic acid groups (broad SMARTS) is 1. The molecule has 2 heterocycles. The highest BCUT2D eigenvalue weighted by Gasteiger charge is 2.50. The lowest BCUT2D eigenvalue weighted by Crippen LogP contribution is -2.64. The molecule has 1 saturated heterocycles. The molecule has 2 aliphatic heterocycles. The number of benzene rings is 1. The molecule has 3 rings (SSSR count). The molecular formula is C18H24N2O5. The van der Waals surface area contributed by atoms with Crippen LogP contribution in [0.25, 0.3) is 0 Å². The van der Waals surface area contributed by atoms with E-state index in [1.807, 2.05) is 29.2 Å². The summed E-state index contributed by atoms with van der Waals surface area (Å²) < 4.78 is 11.1. The smallest absolute Gasteiger partial charge is 0.320 e. The number of hydrogen-bond acceptors (Lipinski definition) is 6. The molecule has 0 bridgehead atoms. The standard InChI is InChI=1S/C18H24N2O5/c1-2-24-17(23)11-20-8-7-18(19)14(10-20)13(9-16(21)22)12-5-3-4-6-15(12)25-18/h3-6,13-14H,2,7-11,19H2,1H3,(H,21,22). The van der Waals surface area contributed by atoms with Crippen LogP contribution in [0.1, 0.15) is 31.2 Å². The van der Waals surface area contributed by atoms with Crippen molar-refractivity contribution in [2.24, 2.45) is 11.7 Å². The Morgan fingerprint density at radius 2 is 2.20 bits per heavy atom. The molecule has 0 amide bonds. The summed E-state index contributed by atoms with van der Waals surface area (Å²) in [5, 5.41) is 9.38. The topological polar surface area (TPSA) is 102 Å². The minimum atomic E-state index is -0.917. The summed E-state index contributed by atoms with van der Waals surface area (Å²) in [5.74, 6) is -0.948. The van der Waals surface area contributed by atoms with Gasteiger partial charge in [0.1, 0.15) is 5.75 Å². The summed E-state index contributed by atoms with van der Waals surface area (Å²) in [7, 11) is 0. The SMILES string of the molecule is CCOC(=O)CN1CCC2(N)Oc3ccccc3C(CC(=O)O)C2C1. The van der Waals surface area contributed by atoms with E-state index in [0.717, 1.165) is 5.56 Å². The van der Waals surface area contributed by atoms with Crippen molar-refractivity contribution in [3.63, 3.8) is 0 Å². The molecule has 3 N–H and O–H groups in total. The van der Waals surface area contributed by atoms with Gasteiger partial charge in [0.05, 0.1) is 19.6 Å². The first kappa shape index (κ1) is 17.7. The number of para-hydroxylation sites is 1. The van der Waals surface area contributed by atoms with Crippen molar-refractivity contribution in [3.8, 4) is 5.75 Å². The molecule has 1 fully saturated rings. The molecule has 0 spiro atoms. The van der Waals surface area contributed by atoms with Gasteiger partial charge in [-0.15, -0.1) is 0 Å². The molecule has 25 heavy (non-hydrogen) atoms. The van der Waals surface area contributed by atoms with Crippen molar-refractivity contribution in [2.45, 2.75) is 31.4 Å². The summed E-state index contributed by atoms with van der Waals surface area (Å²) in [5.41, 5.74) is 6.49. The van der Waals surface area contributed by atoms with Crippen molar-refractivity contribution in [2.75, 3.05) is 26.2 Å². The van der Waals surface area contributed by atoms with Crippen LogP contribution in [-0.4, -0.2) is 53.9 Å². The van der Waals surface area contributed by atoms with E-state index in [9.17, 15) is 14.7 Å². The second-order valence-electron chi connectivity index (χ2n) is 6.70. The molecular weight excluding hydrogens is 324 g/mol. The first-order valence-corrected chi connectivity index (χ1v) is 8.59. The van der Waals surface area contributed by atoms with Crippen LogP contribution in [0, 0.1) is 5.92 Å². The molecule has 7 heteroatoms. The number of piperidine rings is 1. The number of nitrogens with zero attached hydrogens (tertiary/aromatic N) is 1. The van der Waals surface area contributed by atoms with Gasteiger partial charge in [0, 0.05) is 31.3 Å². The molecule has 3 atom stereocenters. The third kappa shape index (κ3) is 3.62. The van der Waals surface area contributed by atoms with Crippen LogP contribution in [0.4, 0.5) is 0 Å². The van der Waals surface area contributed by atoms with Gasteiger partial charge < -0.3 is 14.6 Å². The zero-order valence-electron chi connectivity index (χ0n) is 14.3. The monoisotopic (exact) mass is 348 g/mol. The highest BCUT2D eigenvalue weighted by molar-refractivity contribution is 5.71. The van der Waals surface area contributed by atoms with E-state index in [1.165, 1.54) is 0 Å². The van der Waals surface area contributed by atoms with Crippen LogP contribution in [0.2, 0.25) is 0 Å². The molecule has 0 saturated carbocycles. The Labute approximate surface area is 146 Å². The second kappa shape index (κ2) is 7.01. The van der Waals surface area contributed by atoms with E-state index in [4.69, 9.17) is 15.2 Å². The third-order valence-corrected chi connectivity index (χ3v) is 5.06. The second-order valence-corrected chi connectivity index (χ2v) is 6.70. The number of carboxylic acids is 1. The number of fused-ring (bicyclic) bond motifs is 2. The number of rotatable bonds is 5. The van der Waals surface area contributed by atoms with Crippen molar-refractivity contribution < 1.29 is 24.2 Å². The molecule has 1 aromatic rings. The van der Waals surface area contributed by atoms with Gasteiger partial charge in [-0.1, -0.05) is 18.2 Å².